The Kier molecular flexibility index (Phi) is 5.96. The molecule has 0 bridgehead atoms. The van der Waals surface area contributed by atoms with Crippen molar-refractivity contribution >= 4 is 21.5 Å². The number of benzene rings is 1. The molecule has 0 radical (unpaired) electrons. The fourth-order valence-corrected chi connectivity index (χ4v) is 3.82. The van der Waals surface area contributed by atoms with Crippen LogP contribution in [0.3, 0.4) is 0 Å². The van der Waals surface area contributed by atoms with Crippen LogP contribution in [-0.2, 0) is 14.8 Å². The van der Waals surface area contributed by atoms with Crippen LogP contribution >= 0.6 is 0 Å². The fourth-order valence-electron chi connectivity index (χ4n) is 2.68. The second-order valence-corrected chi connectivity index (χ2v) is 8.03. The van der Waals surface area contributed by atoms with Gasteiger partial charge < -0.3 is 5.32 Å². The summed E-state index contributed by atoms with van der Waals surface area (Å²) >= 11 is 0. The molecule has 1 aliphatic heterocycles. The Bertz CT molecular complexity index is 660. The molecule has 1 aliphatic rings. The Hall–Kier alpha value is -1.66. The van der Waals surface area contributed by atoms with Crippen molar-refractivity contribution in [2.24, 2.45) is 0 Å². The highest BCUT2D eigenvalue weighted by Gasteiger charge is 2.27. The second kappa shape index (κ2) is 7.75. The minimum Gasteiger partial charge on any atom is -0.350 e. The van der Waals surface area contributed by atoms with Gasteiger partial charge in [0, 0.05) is 25.2 Å². The van der Waals surface area contributed by atoms with Gasteiger partial charge in [-0.2, -0.15) is 0 Å². The van der Waals surface area contributed by atoms with Gasteiger partial charge in [0.1, 0.15) is 0 Å². The molecule has 126 valence electrons. The van der Waals surface area contributed by atoms with E-state index in [0.717, 1.165) is 11.1 Å². The maximum absolute atomic E-state index is 12.1. The largest absolute Gasteiger partial charge is 0.350 e. The van der Waals surface area contributed by atoms with Gasteiger partial charge in [0.2, 0.25) is 15.9 Å². The Morgan fingerprint density at radius 1 is 1.26 bits per heavy atom. The topological polar surface area (TPSA) is 66.5 Å². The summed E-state index contributed by atoms with van der Waals surface area (Å²) in [5.74, 6) is 0.00593. The third kappa shape index (κ3) is 4.91. The van der Waals surface area contributed by atoms with Crippen LogP contribution in [0.5, 0.6) is 0 Å². The number of amides is 1. The lowest BCUT2D eigenvalue weighted by molar-refractivity contribution is -0.117. The van der Waals surface area contributed by atoms with Crippen molar-refractivity contribution in [3.8, 4) is 0 Å². The molecule has 5 nitrogen and oxygen atoms in total. The van der Waals surface area contributed by atoms with E-state index in [-0.39, 0.29) is 17.7 Å². The number of nitrogens with zero attached hydrogens (tertiary/aromatic N) is 1. The van der Waals surface area contributed by atoms with Crippen LogP contribution < -0.4 is 5.32 Å². The van der Waals surface area contributed by atoms with E-state index in [0.29, 0.717) is 25.9 Å². The molecular formula is C17H24N2O3S. The minimum absolute atomic E-state index is 0.0330. The number of rotatable bonds is 5. The number of carbonyl (C=O) groups is 1. The highest BCUT2D eigenvalue weighted by Crippen LogP contribution is 2.15. The number of hydrogen-bond acceptors (Lipinski definition) is 3. The molecule has 0 aromatic heterocycles. The van der Waals surface area contributed by atoms with E-state index in [2.05, 4.69) is 5.32 Å². The quantitative estimate of drug-likeness (QED) is 0.837. The number of hydrogen-bond donors (Lipinski definition) is 1. The molecule has 1 aromatic rings. The summed E-state index contributed by atoms with van der Waals surface area (Å²) in [6.45, 7) is 4.51. The molecular weight excluding hydrogens is 312 g/mol. The lowest BCUT2D eigenvalue weighted by Crippen LogP contribution is -2.46. The van der Waals surface area contributed by atoms with Crippen LogP contribution in [0.25, 0.3) is 5.57 Å². The zero-order chi connectivity index (χ0) is 16.9. The van der Waals surface area contributed by atoms with Crippen LogP contribution in [0.15, 0.2) is 36.4 Å². The predicted molar refractivity (Wildman–Crippen MR) is 92.3 cm³/mol. The van der Waals surface area contributed by atoms with Crippen molar-refractivity contribution in [1.29, 1.82) is 0 Å². The maximum atomic E-state index is 12.1. The highest BCUT2D eigenvalue weighted by molar-refractivity contribution is 7.89. The molecule has 0 unspecified atom stereocenters. The molecule has 1 aromatic carbocycles. The Morgan fingerprint density at radius 2 is 1.87 bits per heavy atom. The first-order chi connectivity index (χ1) is 10.9. The third-order valence-electron chi connectivity index (χ3n) is 4.14. The molecule has 1 saturated heterocycles. The summed E-state index contributed by atoms with van der Waals surface area (Å²) in [6, 6.07) is 9.78. The standard InChI is InChI=1S/C17H24N2O3S/c1-3-23(21,22)19-11-9-16(10-12-19)18-17(20)13-14(2)15-7-5-4-6-8-15/h4-8,13,16H,3,9-12H2,1-2H3,(H,18,20)/b14-13-. The molecule has 1 amide bonds. The lowest BCUT2D eigenvalue weighted by Gasteiger charge is -2.31. The van der Waals surface area contributed by atoms with E-state index in [1.807, 2.05) is 37.3 Å². The number of carbonyl (C=O) groups excluding carboxylic acids is 1. The molecule has 6 heteroatoms. The number of nitrogens with one attached hydrogen (secondary N) is 1. The first-order valence-corrected chi connectivity index (χ1v) is 9.55. The summed E-state index contributed by atoms with van der Waals surface area (Å²) in [6.07, 6.45) is 2.91. The number of sulfonamides is 1. The van der Waals surface area contributed by atoms with Crippen LogP contribution in [-0.4, -0.2) is 43.5 Å². The Balaban J connectivity index is 1.88. The van der Waals surface area contributed by atoms with E-state index in [1.54, 1.807) is 13.0 Å². The fraction of sp³-hybridized carbons (Fsp3) is 0.471. The molecule has 1 heterocycles. The maximum Gasteiger partial charge on any atom is 0.244 e. The van der Waals surface area contributed by atoms with Crippen molar-refractivity contribution in [3.63, 3.8) is 0 Å². The van der Waals surface area contributed by atoms with E-state index in [4.69, 9.17) is 0 Å². The van der Waals surface area contributed by atoms with Gasteiger partial charge in [0.25, 0.3) is 0 Å². The molecule has 1 N–H and O–H groups in total. The van der Waals surface area contributed by atoms with Gasteiger partial charge >= 0.3 is 0 Å². The summed E-state index contributed by atoms with van der Waals surface area (Å²) in [4.78, 5) is 12.1. The smallest absolute Gasteiger partial charge is 0.244 e. The lowest BCUT2D eigenvalue weighted by atomic mass is 10.1. The molecule has 0 atom stereocenters. The normalized spacial score (nSPS) is 17.9. The van der Waals surface area contributed by atoms with Gasteiger partial charge in [0.15, 0.2) is 0 Å². The number of allylic oxidation sites excluding steroid dienone is 1. The van der Waals surface area contributed by atoms with Crippen LogP contribution in [0.4, 0.5) is 0 Å². The van der Waals surface area contributed by atoms with Crippen LogP contribution in [0.1, 0.15) is 32.3 Å². The van der Waals surface area contributed by atoms with Crippen molar-refractivity contribution in [2.45, 2.75) is 32.7 Å². The van der Waals surface area contributed by atoms with Gasteiger partial charge in [-0.1, -0.05) is 30.3 Å². The van der Waals surface area contributed by atoms with E-state index < -0.39 is 10.0 Å². The van der Waals surface area contributed by atoms with Crippen molar-refractivity contribution in [2.75, 3.05) is 18.8 Å². The van der Waals surface area contributed by atoms with Crippen LogP contribution in [0.2, 0.25) is 0 Å². The van der Waals surface area contributed by atoms with Gasteiger partial charge in [-0.15, -0.1) is 0 Å². The van der Waals surface area contributed by atoms with Crippen molar-refractivity contribution in [1.82, 2.24) is 9.62 Å². The SMILES string of the molecule is CCS(=O)(=O)N1CCC(NC(=O)/C=C(/C)c2ccccc2)CC1. The second-order valence-electron chi connectivity index (χ2n) is 5.78. The molecule has 0 aliphatic carbocycles. The van der Waals surface area contributed by atoms with Crippen molar-refractivity contribution in [3.05, 3.63) is 42.0 Å². The zero-order valence-electron chi connectivity index (χ0n) is 13.7. The van der Waals surface area contributed by atoms with Gasteiger partial charge in [-0.3, -0.25) is 4.79 Å². The Labute approximate surface area is 138 Å². The monoisotopic (exact) mass is 336 g/mol. The van der Waals surface area contributed by atoms with Crippen molar-refractivity contribution < 1.29 is 13.2 Å². The zero-order valence-corrected chi connectivity index (χ0v) is 14.5. The first kappa shape index (κ1) is 17.7. The molecule has 0 spiro atoms. The van der Waals surface area contributed by atoms with E-state index >= 15 is 0 Å². The molecule has 0 saturated carbocycles. The first-order valence-electron chi connectivity index (χ1n) is 7.94. The average molecular weight is 336 g/mol. The summed E-state index contributed by atoms with van der Waals surface area (Å²) < 4.78 is 25.1. The summed E-state index contributed by atoms with van der Waals surface area (Å²) in [7, 11) is -3.12. The highest BCUT2D eigenvalue weighted by atomic mass is 32.2. The Morgan fingerprint density at radius 3 is 2.43 bits per heavy atom. The molecule has 23 heavy (non-hydrogen) atoms. The number of piperidine rings is 1. The van der Waals surface area contributed by atoms with E-state index in [1.165, 1.54) is 4.31 Å². The van der Waals surface area contributed by atoms with E-state index in [9.17, 15) is 13.2 Å². The molecule has 2 rings (SSSR count). The van der Waals surface area contributed by atoms with Gasteiger partial charge in [-0.25, -0.2) is 12.7 Å². The van der Waals surface area contributed by atoms with Gasteiger partial charge in [-0.05, 0) is 37.8 Å². The predicted octanol–water partition coefficient (Wildman–Crippen LogP) is 2.02. The third-order valence-corrected chi connectivity index (χ3v) is 6.02. The summed E-state index contributed by atoms with van der Waals surface area (Å²) in [5, 5.41) is 2.97. The molecule has 1 fully saturated rings. The van der Waals surface area contributed by atoms with Gasteiger partial charge in [0.05, 0.1) is 5.75 Å². The minimum atomic E-state index is -3.12. The average Bonchev–Trinajstić information content (AvgIpc) is 2.56. The van der Waals surface area contributed by atoms with Crippen LogP contribution in [0, 0.1) is 0 Å². The summed E-state index contributed by atoms with van der Waals surface area (Å²) in [5.41, 5.74) is 1.93.